The van der Waals surface area contributed by atoms with Crippen molar-refractivity contribution < 1.29 is 24.0 Å². The van der Waals surface area contributed by atoms with E-state index in [2.05, 4.69) is 34.4 Å². The van der Waals surface area contributed by atoms with Gasteiger partial charge in [0.25, 0.3) is 5.91 Å². The molecule has 2 aromatic rings. The molecule has 2 aliphatic heterocycles. The number of halogens is 1. The number of hydrogen-bond donors (Lipinski definition) is 4. The molecule has 2 saturated heterocycles. The predicted molar refractivity (Wildman–Crippen MR) is 147 cm³/mol. The van der Waals surface area contributed by atoms with Crippen molar-refractivity contribution in [1.29, 1.82) is 5.41 Å². The van der Waals surface area contributed by atoms with E-state index in [0.29, 0.717) is 42.0 Å². The number of allylic oxidation sites excluding steroid dienone is 4. The molecular weight excluding hydrogens is 501 g/mol. The third kappa shape index (κ3) is 6.00. The maximum absolute atomic E-state index is 14.4. The van der Waals surface area contributed by atoms with Crippen LogP contribution >= 0.6 is 0 Å². The first kappa shape index (κ1) is 26.9. The minimum absolute atomic E-state index is 0.0528. The third-order valence-corrected chi connectivity index (χ3v) is 7.01. The van der Waals surface area contributed by atoms with Crippen molar-refractivity contribution in [2.45, 2.75) is 44.9 Å². The maximum Gasteiger partial charge on any atom is 0.317 e. The van der Waals surface area contributed by atoms with E-state index in [9.17, 15) is 9.18 Å². The first-order valence-corrected chi connectivity index (χ1v) is 13.4. The van der Waals surface area contributed by atoms with Gasteiger partial charge in [-0.1, -0.05) is 0 Å². The molecular formula is C28H35FN7O3+. The molecule has 5 rings (SSSR count). The third-order valence-electron chi connectivity index (χ3n) is 7.01. The molecule has 2 fully saturated rings. The Hall–Kier alpha value is -3.67. The number of quaternary nitrogens is 1. The highest BCUT2D eigenvalue weighted by Gasteiger charge is 2.26. The second-order valence-electron chi connectivity index (χ2n) is 10.2. The molecule has 0 spiro atoms. The molecule has 0 saturated carbocycles. The van der Waals surface area contributed by atoms with Gasteiger partial charge in [0.2, 0.25) is 0 Å². The zero-order valence-corrected chi connectivity index (χ0v) is 22.5. The Morgan fingerprint density at radius 2 is 2.00 bits per heavy atom. The number of aromatic nitrogens is 2. The van der Waals surface area contributed by atoms with Gasteiger partial charge in [0, 0.05) is 61.0 Å². The van der Waals surface area contributed by atoms with Crippen molar-refractivity contribution in [3.63, 3.8) is 0 Å². The summed E-state index contributed by atoms with van der Waals surface area (Å²) in [5, 5.41) is 16.7. The summed E-state index contributed by atoms with van der Waals surface area (Å²) in [6, 6.07) is 4.47. The fourth-order valence-corrected chi connectivity index (χ4v) is 5.28. The van der Waals surface area contributed by atoms with Gasteiger partial charge in [-0.05, 0) is 38.1 Å². The summed E-state index contributed by atoms with van der Waals surface area (Å²) in [5.74, 6) is -1.15. The Labute approximate surface area is 226 Å². The molecule has 206 valence electrons. The minimum Gasteiger partial charge on any atom is -0.460 e. The van der Waals surface area contributed by atoms with E-state index in [1.165, 1.54) is 0 Å². The van der Waals surface area contributed by atoms with Crippen LogP contribution in [0.1, 0.15) is 37.0 Å². The van der Waals surface area contributed by atoms with Crippen LogP contribution in [-0.4, -0.2) is 73.1 Å². The van der Waals surface area contributed by atoms with Gasteiger partial charge in [0.05, 0.1) is 36.9 Å². The monoisotopic (exact) mass is 536 g/mol. The van der Waals surface area contributed by atoms with Crippen LogP contribution in [0, 0.1) is 5.41 Å². The number of rotatable bonds is 6. The molecule has 0 bridgehead atoms. The van der Waals surface area contributed by atoms with Gasteiger partial charge < -0.3 is 30.3 Å². The number of carbonyl (C=O) groups excluding carboxylic acids is 1. The van der Waals surface area contributed by atoms with Crippen LogP contribution in [0.3, 0.4) is 0 Å². The average Bonchev–Trinajstić information content (AvgIpc) is 2.91. The van der Waals surface area contributed by atoms with Gasteiger partial charge in [-0.2, -0.15) is 4.98 Å². The zero-order chi connectivity index (χ0) is 27.5. The van der Waals surface area contributed by atoms with Crippen LogP contribution in [0.5, 0.6) is 6.01 Å². The highest BCUT2D eigenvalue weighted by molar-refractivity contribution is 6.13. The molecule has 1 aromatic heterocycles. The lowest BCUT2D eigenvalue weighted by Gasteiger charge is -2.38. The molecule has 1 aromatic carbocycles. The number of fused-ring (bicyclic) bond motifs is 1. The summed E-state index contributed by atoms with van der Waals surface area (Å²) >= 11 is 0. The van der Waals surface area contributed by atoms with E-state index in [-0.39, 0.29) is 23.5 Å². The fourth-order valence-electron chi connectivity index (χ4n) is 5.28. The lowest BCUT2D eigenvalue weighted by atomic mass is 10.0. The number of nitrogens with two attached hydrogens (primary N) is 1. The Morgan fingerprint density at radius 3 is 2.72 bits per heavy atom. The standard InChI is InChI=1S/C28H34FN7O3/c1-16-14-36(15-17(2)33-16)24-5-4-21(27(37)34-19-10-18(12-31-3)25(30)23(29)11-19)26-22(24)13-32-28(35-26)39-20-6-8-38-9-7-20/h4-5,10-13,16-17,20,30-31,33H,6-9,14-15H2,1-3H3,(H,34,37)/p+1/b18-12-,30-25?/t16-,17+. The van der Waals surface area contributed by atoms with Gasteiger partial charge in [0.15, 0.2) is 5.83 Å². The van der Waals surface area contributed by atoms with E-state index in [1.807, 2.05) is 6.07 Å². The van der Waals surface area contributed by atoms with Crippen molar-refractivity contribution in [3.8, 4) is 6.01 Å². The lowest BCUT2D eigenvalue weighted by Crippen LogP contribution is -2.73. The number of ether oxygens (including phenoxy) is 2. The number of piperazine rings is 1. The van der Waals surface area contributed by atoms with Crippen LogP contribution < -0.4 is 25.6 Å². The Kier molecular flexibility index (Phi) is 8.01. The Bertz CT molecular complexity index is 1360. The molecule has 3 aliphatic rings. The minimum atomic E-state index is -0.711. The topological polar surface area (TPSA) is 129 Å². The first-order chi connectivity index (χ1) is 18.8. The molecule has 1 amide bonds. The highest BCUT2D eigenvalue weighted by atomic mass is 19.1. The number of hydrogen-bond acceptors (Lipinski definition) is 8. The summed E-state index contributed by atoms with van der Waals surface area (Å²) < 4.78 is 25.9. The molecule has 10 nitrogen and oxygen atoms in total. The van der Waals surface area contributed by atoms with Crippen LogP contribution in [0.2, 0.25) is 0 Å². The molecule has 3 heterocycles. The molecule has 39 heavy (non-hydrogen) atoms. The van der Waals surface area contributed by atoms with Gasteiger partial charge in [-0.3, -0.25) is 10.2 Å². The van der Waals surface area contributed by atoms with Gasteiger partial charge >= 0.3 is 6.01 Å². The fraction of sp³-hybridized carbons (Fsp3) is 0.429. The highest BCUT2D eigenvalue weighted by Crippen LogP contribution is 2.31. The number of nitrogens with zero attached hydrogens (tertiary/aromatic N) is 3. The molecule has 0 radical (unpaired) electrons. The van der Waals surface area contributed by atoms with Crippen molar-refractivity contribution in [3.05, 3.63) is 59.3 Å². The van der Waals surface area contributed by atoms with Crippen LogP contribution in [0.4, 0.5) is 10.1 Å². The predicted octanol–water partition coefficient (Wildman–Crippen LogP) is 1.95. The Morgan fingerprint density at radius 1 is 1.26 bits per heavy atom. The number of amides is 1. The normalized spacial score (nSPS) is 23.5. The van der Waals surface area contributed by atoms with Gasteiger partial charge in [0.1, 0.15) is 18.0 Å². The lowest BCUT2D eigenvalue weighted by molar-refractivity contribution is -0.556. The number of anilines is 1. The van der Waals surface area contributed by atoms with Crippen LogP contribution in [0.15, 0.2) is 53.8 Å². The smallest absolute Gasteiger partial charge is 0.317 e. The second kappa shape index (κ2) is 11.6. The van der Waals surface area contributed by atoms with Crippen molar-refractivity contribution >= 4 is 28.2 Å². The molecule has 1 aliphatic carbocycles. The van der Waals surface area contributed by atoms with E-state index >= 15 is 0 Å². The first-order valence-electron chi connectivity index (χ1n) is 13.4. The van der Waals surface area contributed by atoms with E-state index in [0.717, 1.165) is 43.1 Å². The molecule has 5 N–H and O–H groups in total. The molecule has 11 heteroatoms. The number of nitrogens with one attached hydrogen (secondary N) is 3. The van der Waals surface area contributed by atoms with Crippen molar-refractivity contribution in [2.75, 3.05) is 38.3 Å². The summed E-state index contributed by atoms with van der Waals surface area (Å²) in [6.45, 7) is 7.14. The van der Waals surface area contributed by atoms with Crippen molar-refractivity contribution in [2.24, 2.45) is 0 Å². The quantitative estimate of drug-likeness (QED) is 0.444. The largest absolute Gasteiger partial charge is 0.460 e. The summed E-state index contributed by atoms with van der Waals surface area (Å²) in [5.41, 5.74) is 2.16. The van der Waals surface area contributed by atoms with E-state index < -0.39 is 11.7 Å². The molecule has 2 atom stereocenters. The maximum atomic E-state index is 14.4. The summed E-state index contributed by atoms with van der Waals surface area (Å²) in [7, 11) is 1.79. The summed E-state index contributed by atoms with van der Waals surface area (Å²) in [6.07, 6.45) is 7.53. The zero-order valence-electron chi connectivity index (χ0n) is 22.5. The number of carbonyl (C=O) groups is 1. The van der Waals surface area contributed by atoms with E-state index in [1.54, 1.807) is 36.9 Å². The van der Waals surface area contributed by atoms with Gasteiger partial charge in [-0.25, -0.2) is 9.37 Å². The average molecular weight is 537 g/mol. The SMILES string of the molecule is C[NH2+]/C=C1/C=C(NC(=O)c2ccc(N3C[C@@H](C)N[C@@H](C)C3)c3cnc(OC4CCOCC4)nc23)C=C(F)C1=N. The van der Waals surface area contributed by atoms with Crippen LogP contribution in [-0.2, 0) is 4.74 Å². The van der Waals surface area contributed by atoms with Crippen molar-refractivity contribution in [1.82, 2.24) is 20.6 Å². The number of benzene rings is 1. The molecule has 0 unspecified atom stereocenters. The Balaban J connectivity index is 1.51. The second-order valence-corrected chi connectivity index (χ2v) is 10.2. The van der Waals surface area contributed by atoms with E-state index in [4.69, 9.17) is 19.9 Å². The van der Waals surface area contributed by atoms with Gasteiger partial charge in [-0.15, -0.1) is 0 Å². The van der Waals surface area contributed by atoms with Crippen LogP contribution in [0.25, 0.3) is 10.9 Å². The summed E-state index contributed by atoms with van der Waals surface area (Å²) in [4.78, 5) is 25.0.